The number of anilines is 1. The van der Waals surface area contributed by atoms with E-state index in [-0.39, 0.29) is 0 Å². The summed E-state index contributed by atoms with van der Waals surface area (Å²) < 4.78 is 11.0. The first-order valence-electron chi connectivity index (χ1n) is 8.48. The lowest BCUT2D eigenvalue weighted by molar-refractivity contribution is -0.139. The number of likely N-dealkylation sites (N-methyl/N-ethyl adjacent to an activating group) is 1. The summed E-state index contributed by atoms with van der Waals surface area (Å²) in [5.74, 6) is -0.271. The van der Waals surface area contributed by atoms with Gasteiger partial charge in [-0.15, -0.1) is 0 Å². The number of amides is 2. The van der Waals surface area contributed by atoms with E-state index in [1.54, 1.807) is 23.2 Å². The van der Waals surface area contributed by atoms with Crippen molar-refractivity contribution in [3.05, 3.63) is 18.2 Å². The topological polar surface area (TPSA) is 83.1 Å². The molecule has 1 aromatic carbocycles. The number of hydrogen-bond acceptors (Lipinski definition) is 6. The monoisotopic (exact) mass is 350 g/mol. The van der Waals surface area contributed by atoms with Crippen molar-refractivity contribution < 1.29 is 19.1 Å². The fourth-order valence-corrected chi connectivity index (χ4v) is 2.43. The third kappa shape index (κ3) is 5.61. The fraction of sp³-hybridized carbons (Fsp3) is 0.529. The third-order valence-corrected chi connectivity index (χ3v) is 3.77. The molecular weight excluding hydrogens is 324 g/mol. The molecule has 1 saturated heterocycles. The van der Waals surface area contributed by atoms with Gasteiger partial charge in [-0.25, -0.2) is 5.01 Å². The molecule has 2 amide bonds. The Hall–Kier alpha value is -2.32. The van der Waals surface area contributed by atoms with Crippen molar-refractivity contribution in [3.63, 3.8) is 0 Å². The second kappa shape index (κ2) is 9.24. The van der Waals surface area contributed by atoms with Gasteiger partial charge in [0.25, 0.3) is 0 Å². The predicted molar refractivity (Wildman–Crippen MR) is 94.6 cm³/mol. The van der Waals surface area contributed by atoms with Crippen LogP contribution in [0.4, 0.5) is 5.69 Å². The van der Waals surface area contributed by atoms with Crippen LogP contribution in [0.5, 0.6) is 11.5 Å². The Kier molecular flexibility index (Phi) is 7.03. The van der Waals surface area contributed by atoms with Crippen LogP contribution in [0.3, 0.4) is 0 Å². The molecule has 1 aromatic rings. The SMILES string of the molecule is CCOc1ccc(NC(=O)C(=O)NN2CCN(C)CC2)cc1OCC. The fourth-order valence-electron chi connectivity index (χ4n) is 2.43. The van der Waals surface area contributed by atoms with Crippen LogP contribution in [-0.4, -0.2) is 68.2 Å². The van der Waals surface area contributed by atoms with Crippen LogP contribution < -0.4 is 20.2 Å². The summed E-state index contributed by atoms with van der Waals surface area (Å²) in [7, 11) is 2.02. The normalized spacial score (nSPS) is 15.5. The molecule has 1 aliphatic rings. The maximum atomic E-state index is 12.1. The molecule has 8 nitrogen and oxygen atoms in total. The molecule has 1 heterocycles. The highest BCUT2D eigenvalue weighted by Crippen LogP contribution is 2.30. The lowest BCUT2D eigenvalue weighted by Gasteiger charge is -2.32. The Balaban J connectivity index is 1.94. The van der Waals surface area contributed by atoms with E-state index in [1.165, 1.54) is 0 Å². The smallest absolute Gasteiger partial charge is 0.323 e. The van der Waals surface area contributed by atoms with E-state index >= 15 is 0 Å². The Morgan fingerprint density at radius 2 is 1.64 bits per heavy atom. The molecule has 2 rings (SSSR count). The molecule has 0 unspecified atom stereocenters. The number of piperazine rings is 1. The Labute approximate surface area is 148 Å². The van der Waals surface area contributed by atoms with E-state index in [0.717, 1.165) is 13.1 Å². The van der Waals surface area contributed by atoms with E-state index in [4.69, 9.17) is 9.47 Å². The first kappa shape index (κ1) is 19.0. The Bertz CT molecular complexity index is 600. The number of carbonyl (C=O) groups excluding carboxylic acids is 2. The largest absolute Gasteiger partial charge is 0.490 e. The second-order valence-corrected chi connectivity index (χ2v) is 5.71. The average Bonchev–Trinajstić information content (AvgIpc) is 2.59. The van der Waals surface area contributed by atoms with Gasteiger partial charge < -0.3 is 19.7 Å². The molecule has 0 saturated carbocycles. The summed E-state index contributed by atoms with van der Waals surface area (Å²) in [6, 6.07) is 5.03. The van der Waals surface area contributed by atoms with Crippen molar-refractivity contribution in [3.8, 4) is 11.5 Å². The molecule has 1 aliphatic heterocycles. The molecule has 8 heteroatoms. The molecule has 0 atom stereocenters. The van der Waals surface area contributed by atoms with Crippen LogP contribution in [-0.2, 0) is 9.59 Å². The summed E-state index contributed by atoms with van der Waals surface area (Å²) >= 11 is 0. The third-order valence-electron chi connectivity index (χ3n) is 3.77. The highest BCUT2D eigenvalue weighted by atomic mass is 16.5. The average molecular weight is 350 g/mol. The van der Waals surface area contributed by atoms with Gasteiger partial charge in [-0.3, -0.25) is 15.0 Å². The number of carbonyl (C=O) groups is 2. The van der Waals surface area contributed by atoms with Crippen LogP contribution in [0.2, 0.25) is 0 Å². The molecule has 138 valence electrons. The first-order valence-corrected chi connectivity index (χ1v) is 8.48. The minimum atomic E-state index is -0.717. The zero-order valence-electron chi connectivity index (χ0n) is 15.0. The highest BCUT2D eigenvalue weighted by Gasteiger charge is 2.20. The molecule has 1 fully saturated rings. The lowest BCUT2D eigenvalue weighted by Crippen LogP contribution is -2.54. The van der Waals surface area contributed by atoms with Crippen molar-refractivity contribution in [1.82, 2.24) is 15.3 Å². The number of hydrazine groups is 1. The lowest BCUT2D eigenvalue weighted by atomic mass is 10.2. The number of benzene rings is 1. The van der Waals surface area contributed by atoms with Gasteiger partial charge in [-0.05, 0) is 33.0 Å². The Morgan fingerprint density at radius 1 is 1.00 bits per heavy atom. The standard InChI is InChI=1S/C17H26N4O4/c1-4-24-14-7-6-13(12-15(14)25-5-2)18-16(22)17(23)19-21-10-8-20(3)9-11-21/h6-7,12H,4-5,8-11H2,1-3H3,(H,18,22)(H,19,23). The number of ether oxygens (including phenoxy) is 2. The van der Waals surface area contributed by atoms with Gasteiger partial charge in [0, 0.05) is 37.9 Å². The molecule has 0 aromatic heterocycles. The highest BCUT2D eigenvalue weighted by molar-refractivity contribution is 6.39. The number of nitrogens with zero attached hydrogens (tertiary/aromatic N) is 2. The first-order chi connectivity index (χ1) is 12.0. The van der Waals surface area contributed by atoms with E-state index < -0.39 is 11.8 Å². The van der Waals surface area contributed by atoms with Gasteiger partial charge >= 0.3 is 11.8 Å². The van der Waals surface area contributed by atoms with Crippen molar-refractivity contribution in [2.75, 3.05) is 51.8 Å². The maximum absolute atomic E-state index is 12.1. The summed E-state index contributed by atoms with van der Waals surface area (Å²) in [6.45, 7) is 7.80. The van der Waals surface area contributed by atoms with E-state index in [9.17, 15) is 9.59 Å². The van der Waals surface area contributed by atoms with E-state index in [2.05, 4.69) is 15.6 Å². The molecule has 0 radical (unpaired) electrons. The van der Waals surface area contributed by atoms with Crippen LogP contribution in [0.15, 0.2) is 18.2 Å². The van der Waals surface area contributed by atoms with Crippen LogP contribution in [0.1, 0.15) is 13.8 Å². The second-order valence-electron chi connectivity index (χ2n) is 5.71. The van der Waals surface area contributed by atoms with Crippen molar-refractivity contribution >= 4 is 17.5 Å². The van der Waals surface area contributed by atoms with Crippen LogP contribution in [0.25, 0.3) is 0 Å². The number of hydrogen-bond donors (Lipinski definition) is 2. The Morgan fingerprint density at radius 3 is 2.28 bits per heavy atom. The van der Waals surface area contributed by atoms with Crippen molar-refractivity contribution in [1.29, 1.82) is 0 Å². The minimum Gasteiger partial charge on any atom is -0.490 e. The molecule has 0 spiro atoms. The van der Waals surface area contributed by atoms with Gasteiger partial charge in [-0.1, -0.05) is 0 Å². The van der Waals surface area contributed by atoms with Gasteiger partial charge in [0.1, 0.15) is 0 Å². The van der Waals surface area contributed by atoms with Crippen molar-refractivity contribution in [2.45, 2.75) is 13.8 Å². The summed E-state index contributed by atoms with van der Waals surface area (Å²) in [4.78, 5) is 26.3. The molecule has 0 bridgehead atoms. The van der Waals surface area contributed by atoms with Gasteiger partial charge in [0.2, 0.25) is 0 Å². The van der Waals surface area contributed by atoms with Crippen molar-refractivity contribution in [2.24, 2.45) is 0 Å². The summed E-state index contributed by atoms with van der Waals surface area (Å²) in [5.41, 5.74) is 3.11. The van der Waals surface area contributed by atoms with Crippen LogP contribution >= 0.6 is 0 Å². The van der Waals surface area contributed by atoms with Gasteiger partial charge in [0.05, 0.1) is 13.2 Å². The number of nitrogens with one attached hydrogen (secondary N) is 2. The quantitative estimate of drug-likeness (QED) is 0.735. The van der Waals surface area contributed by atoms with Gasteiger partial charge in [-0.2, -0.15) is 0 Å². The molecule has 0 aliphatic carbocycles. The predicted octanol–water partition coefficient (Wildman–Crippen LogP) is 0.701. The summed E-state index contributed by atoms with van der Waals surface area (Å²) in [5, 5.41) is 4.34. The van der Waals surface area contributed by atoms with Gasteiger partial charge in [0.15, 0.2) is 11.5 Å². The molecule has 2 N–H and O–H groups in total. The summed E-state index contributed by atoms with van der Waals surface area (Å²) in [6.07, 6.45) is 0. The maximum Gasteiger partial charge on any atom is 0.323 e. The minimum absolute atomic E-state index is 0.474. The van der Waals surface area contributed by atoms with Crippen LogP contribution in [0, 0.1) is 0 Å². The molecule has 25 heavy (non-hydrogen) atoms. The van der Waals surface area contributed by atoms with E-state index in [0.29, 0.717) is 43.5 Å². The molecular formula is C17H26N4O4. The van der Waals surface area contributed by atoms with E-state index in [1.807, 2.05) is 20.9 Å². The zero-order valence-corrected chi connectivity index (χ0v) is 15.0. The number of rotatable bonds is 6. The zero-order chi connectivity index (χ0) is 18.2.